The van der Waals surface area contributed by atoms with Crippen molar-refractivity contribution >= 4 is 33.7 Å². The van der Waals surface area contributed by atoms with E-state index in [0.29, 0.717) is 15.7 Å². The molecule has 0 fully saturated rings. The van der Waals surface area contributed by atoms with E-state index in [1.165, 1.54) is 11.3 Å². The van der Waals surface area contributed by atoms with Crippen LogP contribution in [0.15, 0.2) is 57.6 Å². The average Bonchev–Trinajstić information content (AvgIpc) is 3.09. The van der Waals surface area contributed by atoms with Gasteiger partial charge in [0, 0.05) is 16.1 Å². The number of halogens is 1. The van der Waals surface area contributed by atoms with Gasteiger partial charge in [0.25, 0.3) is 0 Å². The fraction of sp³-hybridized carbons (Fsp3) is 0.125. The molecule has 0 bridgehead atoms. The standard InChI is InChI=1S/C16H10ClN5S/c1-9-20-21-14-8-19-15(11-4-2-3-5-13(11)17)12-6-10(7-18)23-16(12)22(9)14/h2-6,8-9H,1H3. The Morgan fingerprint density at radius 2 is 2.13 bits per heavy atom. The van der Waals surface area contributed by atoms with Gasteiger partial charge in [-0.15, -0.1) is 16.5 Å². The maximum Gasteiger partial charge on any atom is 0.176 e. The van der Waals surface area contributed by atoms with Crippen LogP contribution in [-0.4, -0.2) is 11.9 Å². The molecule has 1 aromatic carbocycles. The quantitative estimate of drug-likeness (QED) is 0.765. The number of benzene rings is 1. The van der Waals surface area contributed by atoms with Gasteiger partial charge in [-0.05, 0) is 19.1 Å². The van der Waals surface area contributed by atoms with Crippen LogP contribution >= 0.6 is 22.9 Å². The Hall–Kier alpha value is -2.49. The Kier molecular flexibility index (Phi) is 3.26. The summed E-state index contributed by atoms with van der Waals surface area (Å²) in [6, 6.07) is 11.6. The predicted molar refractivity (Wildman–Crippen MR) is 91.0 cm³/mol. The lowest BCUT2D eigenvalue weighted by atomic mass is 10.0. The highest BCUT2D eigenvalue weighted by Gasteiger charge is 2.32. The summed E-state index contributed by atoms with van der Waals surface area (Å²) in [5.74, 6) is 0.673. The topological polar surface area (TPSA) is 64.1 Å². The summed E-state index contributed by atoms with van der Waals surface area (Å²) in [5.41, 5.74) is 2.46. The highest BCUT2D eigenvalue weighted by Crippen LogP contribution is 2.41. The molecule has 0 amide bonds. The summed E-state index contributed by atoms with van der Waals surface area (Å²) in [4.78, 5) is 7.21. The Morgan fingerprint density at radius 3 is 2.91 bits per heavy atom. The van der Waals surface area contributed by atoms with Crippen molar-refractivity contribution in [2.75, 3.05) is 4.90 Å². The molecule has 0 saturated heterocycles. The zero-order valence-corrected chi connectivity index (χ0v) is 13.6. The van der Waals surface area contributed by atoms with Crippen molar-refractivity contribution in [1.82, 2.24) is 0 Å². The molecule has 2 aliphatic heterocycles. The predicted octanol–water partition coefficient (Wildman–Crippen LogP) is 4.54. The first-order valence-electron chi connectivity index (χ1n) is 6.96. The summed E-state index contributed by atoms with van der Waals surface area (Å²) in [7, 11) is 0. The Labute approximate surface area is 141 Å². The van der Waals surface area contributed by atoms with E-state index in [1.54, 1.807) is 6.20 Å². The number of thiophene rings is 1. The van der Waals surface area contributed by atoms with Crippen LogP contribution in [0, 0.1) is 11.3 Å². The number of aliphatic imine (C=N–C) groups is 1. The molecule has 2 aromatic rings. The van der Waals surface area contributed by atoms with E-state index in [9.17, 15) is 5.26 Å². The lowest BCUT2D eigenvalue weighted by molar-refractivity contribution is 0.770. The number of hydrogen-bond donors (Lipinski definition) is 0. The van der Waals surface area contributed by atoms with Crippen molar-refractivity contribution in [3.63, 3.8) is 0 Å². The molecule has 0 radical (unpaired) electrons. The summed E-state index contributed by atoms with van der Waals surface area (Å²) >= 11 is 7.76. The molecular weight excluding hydrogens is 330 g/mol. The van der Waals surface area contributed by atoms with Crippen LogP contribution < -0.4 is 4.90 Å². The summed E-state index contributed by atoms with van der Waals surface area (Å²) in [6.07, 6.45) is 1.58. The van der Waals surface area contributed by atoms with Gasteiger partial charge in [0.1, 0.15) is 22.1 Å². The zero-order valence-electron chi connectivity index (χ0n) is 12.1. The van der Waals surface area contributed by atoms with Crippen molar-refractivity contribution in [1.29, 1.82) is 5.26 Å². The number of nitrogens with zero attached hydrogens (tertiary/aromatic N) is 5. The second kappa shape index (κ2) is 5.30. The molecule has 23 heavy (non-hydrogen) atoms. The minimum atomic E-state index is -0.119. The number of anilines is 1. The molecular formula is C16H10ClN5S. The number of rotatable bonds is 1. The van der Waals surface area contributed by atoms with Gasteiger partial charge in [-0.1, -0.05) is 29.8 Å². The second-order valence-corrected chi connectivity index (χ2v) is 6.54. The average molecular weight is 340 g/mol. The molecule has 3 heterocycles. The molecule has 4 rings (SSSR count). The number of hydrogen-bond acceptors (Lipinski definition) is 6. The van der Waals surface area contributed by atoms with Crippen LogP contribution in [0.4, 0.5) is 5.00 Å². The van der Waals surface area contributed by atoms with Gasteiger partial charge < -0.3 is 0 Å². The molecule has 0 spiro atoms. The van der Waals surface area contributed by atoms with Crippen molar-refractivity contribution in [2.45, 2.75) is 13.1 Å². The van der Waals surface area contributed by atoms with Crippen molar-refractivity contribution in [2.24, 2.45) is 15.2 Å². The fourth-order valence-electron chi connectivity index (χ4n) is 2.64. The molecule has 1 unspecified atom stereocenters. The van der Waals surface area contributed by atoms with E-state index in [2.05, 4.69) is 21.3 Å². The minimum Gasteiger partial charge on any atom is -0.290 e. The molecule has 1 aromatic heterocycles. The highest BCUT2D eigenvalue weighted by molar-refractivity contribution is 7.17. The fourth-order valence-corrected chi connectivity index (χ4v) is 3.91. The zero-order chi connectivity index (χ0) is 16.0. The van der Waals surface area contributed by atoms with Crippen molar-refractivity contribution in [3.05, 3.63) is 63.4 Å². The Bertz CT molecular complexity index is 934. The summed E-state index contributed by atoms with van der Waals surface area (Å²) < 4.78 is 0. The maximum absolute atomic E-state index is 9.29. The summed E-state index contributed by atoms with van der Waals surface area (Å²) in [5, 5.41) is 19.2. The van der Waals surface area contributed by atoms with Gasteiger partial charge in [-0.25, -0.2) is 0 Å². The third-order valence-corrected chi connectivity index (χ3v) is 5.05. The van der Waals surface area contributed by atoms with Gasteiger partial charge >= 0.3 is 0 Å². The van der Waals surface area contributed by atoms with Crippen LogP contribution in [-0.2, 0) is 0 Å². The van der Waals surface area contributed by atoms with Crippen LogP contribution in [0.2, 0.25) is 5.02 Å². The van der Waals surface area contributed by atoms with Gasteiger partial charge in [0.2, 0.25) is 0 Å². The lowest BCUT2D eigenvalue weighted by Gasteiger charge is -2.20. The van der Waals surface area contributed by atoms with Crippen LogP contribution in [0.3, 0.4) is 0 Å². The Balaban J connectivity index is 1.98. The first kappa shape index (κ1) is 14.1. The second-order valence-electron chi connectivity index (χ2n) is 5.10. The number of fused-ring (bicyclic) bond motifs is 3. The molecule has 0 N–H and O–H groups in total. The van der Waals surface area contributed by atoms with E-state index >= 15 is 0 Å². The molecule has 1 atom stereocenters. The van der Waals surface area contributed by atoms with E-state index < -0.39 is 0 Å². The third kappa shape index (κ3) is 2.17. The van der Waals surface area contributed by atoms with Crippen molar-refractivity contribution < 1.29 is 0 Å². The number of azo groups is 1. The maximum atomic E-state index is 9.29. The first-order chi connectivity index (χ1) is 11.2. The van der Waals surface area contributed by atoms with Crippen LogP contribution in [0.1, 0.15) is 22.9 Å². The largest absolute Gasteiger partial charge is 0.290 e. The monoisotopic (exact) mass is 339 g/mol. The normalized spacial score (nSPS) is 18.7. The van der Waals surface area contributed by atoms with E-state index in [0.717, 1.165) is 21.8 Å². The first-order valence-corrected chi connectivity index (χ1v) is 8.16. The van der Waals surface area contributed by atoms with Gasteiger partial charge in [-0.2, -0.15) is 10.4 Å². The van der Waals surface area contributed by atoms with E-state index in [-0.39, 0.29) is 6.17 Å². The lowest BCUT2D eigenvalue weighted by Crippen LogP contribution is -2.25. The van der Waals surface area contributed by atoms with E-state index in [4.69, 9.17) is 11.6 Å². The van der Waals surface area contributed by atoms with Crippen molar-refractivity contribution in [3.8, 4) is 6.07 Å². The van der Waals surface area contributed by atoms with Gasteiger partial charge in [0.05, 0.1) is 11.9 Å². The highest BCUT2D eigenvalue weighted by atomic mass is 35.5. The molecule has 0 saturated carbocycles. The third-order valence-electron chi connectivity index (χ3n) is 3.68. The molecule has 112 valence electrons. The summed E-state index contributed by atoms with van der Waals surface area (Å²) in [6.45, 7) is 1.96. The van der Waals surface area contributed by atoms with Crippen LogP contribution in [0.25, 0.3) is 0 Å². The van der Waals surface area contributed by atoms with Gasteiger partial charge in [-0.3, -0.25) is 9.89 Å². The number of nitriles is 1. The molecule has 5 nitrogen and oxygen atoms in total. The van der Waals surface area contributed by atoms with E-state index in [1.807, 2.05) is 42.2 Å². The SMILES string of the molecule is CC1N=NC2=CN=C(c3ccccc3Cl)c3cc(C#N)sc3N21. The minimum absolute atomic E-state index is 0.119. The van der Waals surface area contributed by atoms with Gasteiger partial charge in [0.15, 0.2) is 5.82 Å². The molecule has 0 aliphatic carbocycles. The smallest absolute Gasteiger partial charge is 0.176 e. The Morgan fingerprint density at radius 1 is 1.30 bits per heavy atom. The molecule has 2 aliphatic rings. The molecule has 7 heteroatoms. The van der Waals surface area contributed by atoms with Crippen LogP contribution in [0.5, 0.6) is 0 Å².